The SMILES string of the molecule is CCOC(=O)C1=NOC(c2ccccc2)(c2ccccc2)C1.COc1cc(OC)n2nc(NS(=O)(=O)c3c(C(F)(F)F)ccnc3OC)nc2n1.COc1ncc(F)c2nc(S(=O)(=O)Nc3c(F)cccc3F)nn12.Cc1[nH]n(C)c(=O)c1C(=O)c1ccc(C(F)(F)F)cc1S(C)(=O)=O. The number of carbonyl (C=O) groups is 2. The third-order valence-electron chi connectivity index (χ3n) is 13.6. The van der Waals surface area contributed by atoms with Crippen molar-refractivity contribution in [3.05, 3.63) is 188 Å². The standard InChI is InChI=1S/C18H17NO3.C14H13F3N6O5S.C14H13F3N2O4S.C12H8F3N5O3S/c1-2-21-17(20)16-13-18(22-19-16,14-9-5-3-6-10-14)15-11-7-4-8-12-15;1-26-8-6-9(27-2)23-13(19-8)20-12(21-23)22-29(24,25)10-7(14(15,16)17)4-5-18-11(10)28-3;1-7-11(13(21)19(2)18-7)12(20)9-5-4-8(14(15,16)17)6-10(9)24(3,22)23;1-23-12-16-5-8(15)10-17-11(18-20(10)12)24(21,22)19-9-6(13)3-2-4-7(9)14/h3-12H,2,13H2,1H3;4-6H,1-3H3,(H,21,22);4-6,18H,1-3H3;2-5,19H,1H3. The number of ether oxygens (including phenoxy) is 5. The van der Waals surface area contributed by atoms with Crippen LogP contribution in [-0.4, -0.2) is 138 Å². The van der Waals surface area contributed by atoms with Crippen molar-refractivity contribution >= 4 is 70.4 Å². The van der Waals surface area contributed by atoms with E-state index in [9.17, 15) is 79.2 Å². The van der Waals surface area contributed by atoms with E-state index in [1.807, 2.05) is 65.4 Å². The lowest BCUT2D eigenvalue weighted by molar-refractivity contribution is -0.140. The summed E-state index contributed by atoms with van der Waals surface area (Å²) in [6, 6.07) is 25.8. The number of halogens is 9. The fourth-order valence-corrected chi connectivity index (χ4v) is 12.2. The Morgan fingerprint density at radius 2 is 1.35 bits per heavy atom. The molecule has 1 aliphatic rings. The Kier molecular flexibility index (Phi) is 21.7. The number of H-pyrrole nitrogens is 1. The average Bonchev–Trinajstić information content (AvgIpc) is 1.77. The van der Waals surface area contributed by atoms with Crippen molar-refractivity contribution in [1.29, 1.82) is 0 Å². The number of sulfone groups is 1. The molecular formula is C58H51F9N14O15S3. The fourth-order valence-electron chi connectivity index (χ4n) is 9.11. The van der Waals surface area contributed by atoms with E-state index in [2.05, 4.69) is 45.4 Å². The second-order valence-electron chi connectivity index (χ2n) is 20.1. The molecule has 0 atom stereocenters. The van der Waals surface area contributed by atoms with Gasteiger partial charge in [-0.05, 0) is 50.2 Å². The molecular weight excluding hydrogens is 1400 g/mol. The predicted octanol–water partition coefficient (Wildman–Crippen LogP) is 7.66. The smallest absolute Gasteiger partial charge is 0.418 e. The van der Waals surface area contributed by atoms with Crippen LogP contribution in [0, 0.1) is 24.4 Å². The summed E-state index contributed by atoms with van der Waals surface area (Å²) in [5.41, 5.74) is -3.88. The summed E-state index contributed by atoms with van der Waals surface area (Å²) in [6.45, 7) is 3.52. The number of hydrogen-bond acceptors (Lipinski definition) is 23. The molecule has 4 aromatic carbocycles. The van der Waals surface area contributed by atoms with Crippen LogP contribution in [0.3, 0.4) is 0 Å². The molecule has 41 heteroatoms. The van der Waals surface area contributed by atoms with Crippen molar-refractivity contribution in [2.24, 2.45) is 12.2 Å². The summed E-state index contributed by atoms with van der Waals surface area (Å²) in [4.78, 5) is 58.7. The van der Waals surface area contributed by atoms with Crippen LogP contribution in [-0.2, 0) is 69.3 Å². The first-order valence-electron chi connectivity index (χ1n) is 27.7. The van der Waals surface area contributed by atoms with Gasteiger partial charge in [-0.25, -0.2) is 49.5 Å². The Morgan fingerprint density at radius 3 is 1.89 bits per heavy atom. The Labute approximate surface area is 553 Å². The van der Waals surface area contributed by atoms with E-state index < -0.39 is 137 Å². The van der Waals surface area contributed by atoms with Crippen molar-refractivity contribution < 1.29 is 103 Å². The number of aromatic nitrogens is 11. The Balaban J connectivity index is 0.000000169. The lowest BCUT2D eigenvalue weighted by Crippen LogP contribution is -2.29. The molecule has 7 heterocycles. The average molecular weight is 1450 g/mol. The third-order valence-corrected chi connectivity index (χ3v) is 17.2. The first-order valence-corrected chi connectivity index (χ1v) is 32.5. The van der Waals surface area contributed by atoms with Gasteiger partial charge < -0.3 is 28.5 Å². The van der Waals surface area contributed by atoms with E-state index in [4.69, 9.17) is 28.5 Å². The van der Waals surface area contributed by atoms with Gasteiger partial charge in [0, 0.05) is 41.9 Å². The highest BCUT2D eigenvalue weighted by Crippen LogP contribution is 2.42. The van der Waals surface area contributed by atoms with Crippen LogP contribution in [0.15, 0.2) is 146 Å². The molecule has 3 N–H and O–H groups in total. The molecule has 99 heavy (non-hydrogen) atoms. The number of pyridine rings is 1. The van der Waals surface area contributed by atoms with Gasteiger partial charge in [-0.3, -0.25) is 24.1 Å². The molecule has 29 nitrogen and oxygen atoms in total. The van der Waals surface area contributed by atoms with Crippen molar-refractivity contribution in [1.82, 2.24) is 53.9 Å². The number of anilines is 2. The number of ketones is 1. The maximum absolute atomic E-state index is 13.7. The van der Waals surface area contributed by atoms with Crippen molar-refractivity contribution in [2.75, 3.05) is 50.7 Å². The van der Waals surface area contributed by atoms with Crippen molar-refractivity contribution in [3.8, 4) is 23.7 Å². The van der Waals surface area contributed by atoms with Gasteiger partial charge in [0.05, 0.1) is 69.8 Å². The monoisotopic (exact) mass is 1450 g/mol. The topological polar surface area (TPSA) is 365 Å². The number of hydrogen-bond donors (Lipinski definition) is 3. The number of benzene rings is 4. The van der Waals surface area contributed by atoms with Gasteiger partial charge in [-0.1, -0.05) is 71.9 Å². The van der Waals surface area contributed by atoms with Crippen LogP contribution in [0.25, 0.3) is 11.4 Å². The van der Waals surface area contributed by atoms with E-state index in [-0.39, 0.29) is 34.8 Å². The predicted molar refractivity (Wildman–Crippen MR) is 327 cm³/mol. The van der Waals surface area contributed by atoms with Gasteiger partial charge >= 0.3 is 24.3 Å². The summed E-state index contributed by atoms with van der Waals surface area (Å²) < 4.78 is 224. The number of rotatable bonds is 17. The highest BCUT2D eigenvalue weighted by molar-refractivity contribution is 7.93. The molecule has 0 unspecified atom stereocenters. The molecule has 0 spiro atoms. The second-order valence-corrected chi connectivity index (χ2v) is 25.3. The lowest BCUT2D eigenvalue weighted by atomic mass is 9.82. The highest BCUT2D eigenvalue weighted by Gasteiger charge is 2.45. The molecule has 6 aromatic heterocycles. The molecule has 0 radical (unpaired) electrons. The summed E-state index contributed by atoms with van der Waals surface area (Å²) >= 11 is 0. The molecule has 10 aromatic rings. The molecule has 0 fully saturated rings. The molecule has 1 aliphatic heterocycles. The van der Waals surface area contributed by atoms with Gasteiger partial charge in [0.2, 0.25) is 23.4 Å². The zero-order valence-corrected chi connectivity index (χ0v) is 54.6. The maximum atomic E-state index is 13.7. The molecule has 524 valence electrons. The lowest BCUT2D eigenvalue weighted by Gasteiger charge is -2.27. The summed E-state index contributed by atoms with van der Waals surface area (Å²) in [5.74, 6) is -5.81. The number of para-hydroxylation sites is 1. The number of alkyl halides is 6. The van der Waals surface area contributed by atoms with Gasteiger partial charge in [0.1, 0.15) is 22.9 Å². The first-order chi connectivity index (χ1) is 46.5. The Morgan fingerprint density at radius 1 is 0.717 bits per heavy atom. The fraction of sp³-hybridized carbons (Fsp3) is 0.224. The number of nitrogens with zero attached hydrogens (tertiary/aromatic N) is 11. The van der Waals surface area contributed by atoms with Crippen LogP contribution in [0.5, 0.6) is 23.7 Å². The summed E-state index contributed by atoms with van der Waals surface area (Å²) in [7, 11) is -7.35. The zero-order chi connectivity index (χ0) is 72.7. The Bertz CT molecular complexity index is 5080. The zero-order valence-electron chi connectivity index (χ0n) is 52.1. The largest absolute Gasteiger partial charge is 0.481 e. The minimum atomic E-state index is -4.98. The van der Waals surface area contributed by atoms with Gasteiger partial charge in [-0.15, -0.1) is 10.2 Å². The van der Waals surface area contributed by atoms with E-state index in [1.54, 1.807) is 11.6 Å². The number of fused-ring (bicyclic) bond motifs is 2. The van der Waals surface area contributed by atoms with Crippen molar-refractivity contribution in [3.63, 3.8) is 0 Å². The number of esters is 1. The molecule has 11 rings (SSSR count). The number of aryl methyl sites for hydroxylation is 2. The van der Waals surface area contributed by atoms with Gasteiger partial charge in [0.25, 0.3) is 42.5 Å². The van der Waals surface area contributed by atoms with Crippen LogP contribution >= 0.6 is 0 Å². The minimum absolute atomic E-state index is 0.0970. The van der Waals surface area contributed by atoms with Gasteiger partial charge in [-0.2, -0.15) is 58.7 Å². The quantitative estimate of drug-likeness (QED) is 0.0447. The second kappa shape index (κ2) is 29.2. The third kappa shape index (κ3) is 16.1. The molecule has 0 saturated heterocycles. The highest BCUT2D eigenvalue weighted by atomic mass is 32.2. The van der Waals surface area contributed by atoms with E-state index in [0.29, 0.717) is 47.7 Å². The number of oxime groups is 1. The normalized spacial score (nSPS) is 12.9. The molecule has 0 bridgehead atoms. The van der Waals surface area contributed by atoms with Crippen LogP contribution in [0.1, 0.15) is 57.2 Å². The van der Waals surface area contributed by atoms with Crippen molar-refractivity contribution in [2.45, 2.75) is 53.2 Å². The van der Waals surface area contributed by atoms with Crippen LogP contribution in [0.2, 0.25) is 0 Å². The van der Waals surface area contributed by atoms with Crippen LogP contribution in [0.4, 0.5) is 51.1 Å². The molecule has 0 saturated carbocycles. The van der Waals surface area contributed by atoms with E-state index in [1.165, 1.54) is 41.4 Å². The number of nitrogens with one attached hydrogen (secondary N) is 3. The minimum Gasteiger partial charge on any atom is -0.481 e. The summed E-state index contributed by atoms with van der Waals surface area (Å²) in [6.07, 6.45) is -7.14. The first kappa shape index (κ1) is 73.6. The van der Waals surface area contributed by atoms with E-state index >= 15 is 0 Å². The summed E-state index contributed by atoms with van der Waals surface area (Å²) in [5, 5.41) is 13.1. The molecule has 0 aliphatic carbocycles. The number of methoxy groups -OCH3 is 4. The Hall–Kier alpha value is -11.2. The number of sulfonamides is 2. The van der Waals surface area contributed by atoms with E-state index in [0.717, 1.165) is 64.1 Å². The van der Waals surface area contributed by atoms with Crippen LogP contribution < -0.4 is 34.0 Å². The number of aromatic amines is 1. The molecule has 0 amide bonds. The van der Waals surface area contributed by atoms with Gasteiger partial charge in [0.15, 0.2) is 37.5 Å². The number of carbonyl (C=O) groups excluding carboxylic acids is 2. The maximum Gasteiger partial charge on any atom is 0.418 e.